The number of rotatable bonds is 6. The second-order valence-corrected chi connectivity index (χ2v) is 8.39. The van der Waals surface area contributed by atoms with Crippen LogP contribution in [0.4, 0.5) is 5.82 Å². The Balaban J connectivity index is 1.81. The van der Waals surface area contributed by atoms with E-state index in [1.165, 1.54) is 11.3 Å². The largest absolute Gasteiger partial charge is 0.306 e. The van der Waals surface area contributed by atoms with E-state index in [1.54, 1.807) is 14.9 Å². The summed E-state index contributed by atoms with van der Waals surface area (Å²) in [5.41, 5.74) is 2.43. The Morgan fingerprint density at radius 1 is 1.43 bits per heavy atom. The maximum Gasteiger partial charge on any atom is 0.263 e. The van der Waals surface area contributed by atoms with E-state index in [4.69, 9.17) is 5.84 Å². The molecule has 2 aromatic heterocycles. The number of imidazole rings is 1. The maximum atomic E-state index is 13.1. The number of nitrogens with two attached hydrogens (primary N) is 1. The predicted octanol–water partition coefficient (Wildman–Crippen LogP) is 1.24. The molecule has 0 unspecified atom stereocenters. The van der Waals surface area contributed by atoms with E-state index in [2.05, 4.69) is 10.4 Å². The van der Waals surface area contributed by atoms with Gasteiger partial charge in [-0.2, -0.15) is 9.29 Å². The van der Waals surface area contributed by atoms with Gasteiger partial charge in [-0.25, -0.2) is 14.3 Å². The van der Waals surface area contributed by atoms with Crippen molar-refractivity contribution in [2.24, 2.45) is 11.8 Å². The molecule has 4 rings (SSSR count). The zero-order valence-electron chi connectivity index (χ0n) is 11.4. The number of fused-ring (bicyclic) bond motifs is 1. The number of thiazole rings is 1. The molecule has 0 radical (unpaired) electrons. The molecule has 3 N–H and O–H groups in total. The van der Waals surface area contributed by atoms with E-state index < -0.39 is 10.0 Å². The monoisotopic (exact) mass is 327 g/mol. The fraction of sp³-hybridized carbons (Fsp3) is 0.583. The molecule has 2 aromatic rings. The van der Waals surface area contributed by atoms with Crippen molar-refractivity contribution in [2.75, 3.05) is 12.0 Å². The summed E-state index contributed by atoms with van der Waals surface area (Å²) in [5.74, 6) is 6.21. The predicted molar refractivity (Wildman–Crippen MR) is 80.5 cm³/mol. The summed E-state index contributed by atoms with van der Waals surface area (Å²) in [6.07, 6.45) is 5.87. The third kappa shape index (κ3) is 2.24. The van der Waals surface area contributed by atoms with Gasteiger partial charge in [-0.05, 0) is 31.6 Å². The number of hydrogen-bond donors (Lipinski definition) is 2. The number of nitrogens with one attached hydrogen (secondary N) is 1. The van der Waals surface area contributed by atoms with Crippen molar-refractivity contribution >= 4 is 32.1 Å². The van der Waals surface area contributed by atoms with E-state index in [0.29, 0.717) is 17.4 Å². The summed E-state index contributed by atoms with van der Waals surface area (Å²) in [5, 5.41) is 1.98. The van der Waals surface area contributed by atoms with Crippen molar-refractivity contribution in [2.45, 2.75) is 36.8 Å². The van der Waals surface area contributed by atoms with Gasteiger partial charge in [-0.15, -0.1) is 11.3 Å². The first-order chi connectivity index (χ1) is 10.1. The minimum Gasteiger partial charge on any atom is -0.306 e. The van der Waals surface area contributed by atoms with Crippen LogP contribution < -0.4 is 11.3 Å². The van der Waals surface area contributed by atoms with Crippen LogP contribution in [0.5, 0.6) is 0 Å². The van der Waals surface area contributed by atoms with Crippen LogP contribution in [0, 0.1) is 5.92 Å². The molecule has 0 aliphatic heterocycles. The van der Waals surface area contributed by atoms with E-state index in [0.717, 1.165) is 25.7 Å². The maximum absolute atomic E-state index is 13.1. The van der Waals surface area contributed by atoms with E-state index >= 15 is 0 Å². The molecule has 0 atom stereocenters. The average molecular weight is 327 g/mol. The van der Waals surface area contributed by atoms with Crippen LogP contribution in [0.3, 0.4) is 0 Å². The van der Waals surface area contributed by atoms with Crippen LogP contribution in [-0.2, 0) is 10.0 Å². The standard InChI is InChI=1S/C12H17N5O2S2/c13-15-10-11(16-5-6-20-12(16)14-10)21(18,19)17(9-3-4-9)7-8-1-2-8/h5-6,8-9,15H,1-4,7,13H2. The van der Waals surface area contributed by atoms with Gasteiger partial charge in [0.15, 0.2) is 10.8 Å². The van der Waals surface area contributed by atoms with Gasteiger partial charge in [0, 0.05) is 24.2 Å². The zero-order chi connectivity index (χ0) is 14.6. The molecule has 2 aliphatic rings. The van der Waals surface area contributed by atoms with Crippen LogP contribution in [0.2, 0.25) is 0 Å². The Morgan fingerprint density at radius 3 is 2.81 bits per heavy atom. The molecule has 2 fully saturated rings. The number of nitrogens with zero attached hydrogens (tertiary/aromatic N) is 3. The Bertz CT molecular complexity index is 773. The SMILES string of the molecule is NNc1nc2sccn2c1S(=O)(=O)N(CC1CC1)C1CC1. The van der Waals surface area contributed by atoms with Crippen LogP contribution in [-0.4, -0.2) is 34.7 Å². The van der Waals surface area contributed by atoms with E-state index in [9.17, 15) is 8.42 Å². The second-order valence-electron chi connectivity index (χ2n) is 5.71. The lowest BCUT2D eigenvalue weighted by Crippen LogP contribution is -2.36. The lowest BCUT2D eigenvalue weighted by atomic mass is 10.4. The third-order valence-electron chi connectivity index (χ3n) is 4.00. The summed E-state index contributed by atoms with van der Waals surface area (Å²) in [4.78, 5) is 4.88. The molecule has 2 heterocycles. The summed E-state index contributed by atoms with van der Waals surface area (Å²) >= 11 is 1.39. The molecule has 9 heteroatoms. The van der Waals surface area contributed by atoms with Crippen LogP contribution in [0.1, 0.15) is 25.7 Å². The normalized spacial score (nSPS) is 19.5. The fourth-order valence-electron chi connectivity index (χ4n) is 2.58. The van der Waals surface area contributed by atoms with Crippen molar-refractivity contribution < 1.29 is 8.42 Å². The number of anilines is 1. The minimum absolute atomic E-state index is 0.144. The first-order valence-electron chi connectivity index (χ1n) is 7.05. The van der Waals surface area contributed by atoms with Gasteiger partial charge < -0.3 is 5.43 Å². The van der Waals surface area contributed by atoms with Gasteiger partial charge in [-0.1, -0.05) is 0 Å². The topological polar surface area (TPSA) is 92.7 Å². The molecule has 2 aliphatic carbocycles. The fourth-order valence-corrected chi connectivity index (χ4v) is 5.33. The highest BCUT2D eigenvalue weighted by atomic mass is 32.2. The number of nitrogen functional groups attached to an aromatic ring is 1. The zero-order valence-corrected chi connectivity index (χ0v) is 13.0. The molecule has 0 aromatic carbocycles. The van der Waals surface area contributed by atoms with Gasteiger partial charge in [-0.3, -0.25) is 4.40 Å². The van der Waals surface area contributed by atoms with Crippen molar-refractivity contribution in [3.05, 3.63) is 11.6 Å². The smallest absolute Gasteiger partial charge is 0.263 e. The van der Waals surface area contributed by atoms with Crippen LogP contribution in [0.25, 0.3) is 4.96 Å². The first kappa shape index (κ1) is 13.5. The Kier molecular flexibility index (Phi) is 3.00. The van der Waals surface area contributed by atoms with Gasteiger partial charge in [0.05, 0.1) is 0 Å². The molecule has 0 saturated heterocycles. The molecule has 0 spiro atoms. The third-order valence-corrected chi connectivity index (χ3v) is 6.70. The van der Waals surface area contributed by atoms with E-state index in [-0.39, 0.29) is 16.9 Å². The van der Waals surface area contributed by atoms with Gasteiger partial charge in [0.2, 0.25) is 5.03 Å². The van der Waals surface area contributed by atoms with Gasteiger partial charge >= 0.3 is 0 Å². The number of hydrogen-bond acceptors (Lipinski definition) is 6. The lowest BCUT2D eigenvalue weighted by Gasteiger charge is -2.21. The highest BCUT2D eigenvalue weighted by Gasteiger charge is 2.43. The summed E-state index contributed by atoms with van der Waals surface area (Å²) in [6, 6.07) is 0.144. The molecule has 0 bridgehead atoms. The lowest BCUT2D eigenvalue weighted by molar-refractivity contribution is 0.387. The minimum atomic E-state index is -3.59. The van der Waals surface area contributed by atoms with Gasteiger partial charge in [0.1, 0.15) is 0 Å². The Morgan fingerprint density at radius 2 is 2.19 bits per heavy atom. The molecule has 114 valence electrons. The number of sulfonamides is 1. The van der Waals surface area contributed by atoms with Crippen LogP contribution in [0.15, 0.2) is 16.6 Å². The highest BCUT2D eigenvalue weighted by molar-refractivity contribution is 7.89. The van der Waals surface area contributed by atoms with Crippen molar-refractivity contribution in [1.82, 2.24) is 13.7 Å². The molecule has 0 amide bonds. The molecule has 2 saturated carbocycles. The van der Waals surface area contributed by atoms with Crippen molar-refractivity contribution in [3.8, 4) is 0 Å². The summed E-state index contributed by atoms with van der Waals surface area (Å²) in [6.45, 7) is 0.619. The number of aromatic nitrogens is 2. The molecule has 21 heavy (non-hydrogen) atoms. The Hall–Kier alpha value is -1.16. The van der Waals surface area contributed by atoms with Crippen molar-refractivity contribution in [3.63, 3.8) is 0 Å². The first-order valence-corrected chi connectivity index (χ1v) is 9.37. The number of hydrazine groups is 1. The quantitative estimate of drug-likeness (QED) is 0.615. The summed E-state index contributed by atoms with van der Waals surface area (Å²) < 4.78 is 29.5. The molecular formula is C12H17N5O2S2. The molecular weight excluding hydrogens is 310 g/mol. The van der Waals surface area contributed by atoms with E-state index in [1.807, 2.05) is 5.38 Å². The van der Waals surface area contributed by atoms with Crippen molar-refractivity contribution in [1.29, 1.82) is 0 Å². The summed E-state index contributed by atoms with van der Waals surface area (Å²) in [7, 11) is -3.59. The second kappa shape index (κ2) is 4.67. The highest BCUT2D eigenvalue weighted by Crippen LogP contribution is 2.39. The average Bonchev–Trinajstić information content (AvgIpc) is 3.33. The van der Waals surface area contributed by atoms with Crippen LogP contribution >= 0.6 is 11.3 Å². The Labute approximate surface area is 126 Å². The van der Waals surface area contributed by atoms with Gasteiger partial charge in [0.25, 0.3) is 10.0 Å². The molecule has 7 nitrogen and oxygen atoms in total.